The lowest BCUT2D eigenvalue weighted by Crippen LogP contribution is -2.18. The number of methoxy groups -OCH3 is 1. The lowest BCUT2D eigenvalue weighted by molar-refractivity contribution is -0.116. The number of ether oxygens (including phenoxy) is 1. The number of carbonyl (C=O) groups is 1. The molecule has 5 heteroatoms. The van der Waals surface area contributed by atoms with Crippen LogP contribution in [0.5, 0.6) is 5.75 Å². The fraction of sp³-hybridized carbons (Fsp3) is 0.167. The summed E-state index contributed by atoms with van der Waals surface area (Å²) in [6.07, 6.45) is 4.08. The van der Waals surface area contributed by atoms with Gasteiger partial charge < -0.3 is 14.5 Å². The number of rotatable bonds is 6. The summed E-state index contributed by atoms with van der Waals surface area (Å²) in [5, 5.41) is 3.01. The van der Waals surface area contributed by atoms with Crippen LogP contribution >= 0.6 is 0 Å². The number of aryl methyl sites for hydroxylation is 1. The molecule has 1 N–H and O–H groups in total. The van der Waals surface area contributed by atoms with Gasteiger partial charge in [-0.05, 0) is 37.3 Å². The maximum Gasteiger partial charge on any atom is 0.225 e. The molecule has 0 radical (unpaired) electrons. The van der Waals surface area contributed by atoms with Crippen LogP contribution < -0.4 is 10.1 Å². The second kappa shape index (κ2) is 8.19. The van der Waals surface area contributed by atoms with Crippen molar-refractivity contribution in [1.82, 2.24) is 9.38 Å². The zero-order valence-corrected chi connectivity index (χ0v) is 16.5. The maximum absolute atomic E-state index is 12.9. The molecule has 0 saturated carbocycles. The van der Waals surface area contributed by atoms with Crippen molar-refractivity contribution in [3.63, 3.8) is 0 Å². The second-order valence-electron chi connectivity index (χ2n) is 7.02. The van der Waals surface area contributed by atoms with Gasteiger partial charge in [-0.2, -0.15) is 0 Å². The van der Waals surface area contributed by atoms with Crippen molar-refractivity contribution >= 4 is 17.2 Å². The van der Waals surface area contributed by atoms with Gasteiger partial charge in [-0.15, -0.1) is 0 Å². The number of nitrogens with zero attached hydrogens (tertiary/aromatic N) is 2. The maximum atomic E-state index is 12.9. The number of amides is 1. The van der Waals surface area contributed by atoms with Crippen molar-refractivity contribution in [2.45, 2.75) is 19.3 Å². The summed E-state index contributed by atoms with van der Waals surface area (Å²) in [5.41, 5.74) is 4.70. The van der Waals surface area contributed by atoms with Crippen LogP contribution in [0.25, 0.3) is 5.65 Å². The molecule has 29 heavy (non-hydrogen) atoms. The van der Waals surface area contributed by atoms with E-state index < -0.39 is 0 Å². The number of nitrogens with one attached hydrogen (secondary N) is 1. The van der Waals surface area contributed by atoms with E-state index in [2.05, 4.69) is 10.3 Å². The molecule has 5 nitrogen and oxygen atoms in total. The molecule has 2 heterocycles. The lowest BCUT2D eigenvalue weighted by Gasteiger charge is -2.20. The van der Waals surface area contributed by atoms with Crippen molar-refractivity contribution < 1.29 is 9.53 Å². The number of para-hydroxylation sites is 1. The van der Waals surface area contributed by atoms with Crippen LogP contribution in [0.15, 0.2) is 79.1 Å². The Morgan fingerprint density at radius 1 is 1.07 bits per heavy atom. The monoisotopic (exact) mass is 385 g/mol. The summed E-state index contributed by atoms with van der Waals surface area (Å²) in [6.45, 7) is 2.02. The van der Waals surface area contributed by atoms with Gasteiger partial charge in [0.25, 0.3) is 0 Å². The zero-order valence-electron chi connectivity index (χ0n) is 16.5. The molecule has 4 aromatic rings. The molecule has 1 atom stereocenters. The number of benzene rings is 2. The number of carbonyl (C=O) groups excluding carboxylic acids is 1. The minimum atomic E-state index is -0.200. The first-order chi connectivity index (χ1) is 14.2. The van der Waals surface area contributed by atoms with Crippen LogP contribution in [0.3, 0.4) is 0 Å². The van der Waals surface area contributed by atoms with E-state index in [0.29, 0.717) is 0 Å². The third kappa shape index (κ3) is 3.99. The predicted molar refractivity (Wildman–Crippen MR) is 114 cm³/mol. The summed E-state index contributed by atoms with van der Waals surface area (Å²) in [7, 11) is 1.65. The zero-order chi connectivity index (χ0) is 20.2. The average Bonchev–Trinajstić information content (AvgIpc) is 3.18. The Labute approximate surface area is 170 Å². The first-order valence-corrected chi connectivity index (χ1v) is 9.57. The van der Waals surface area contributed by atoms with Gasteiger partial charge in [-0.1, -0.05) is 42.0 Å². The Kier molecular flexibility index (Phi) is 5.29. The Morgan fingerprint density at radius 3 is 2.62 bits per heavy atom. The van der Waals surface area contributed by atoms with Crippen molar-refractivity contribution in [3.05, 3.63) is 95.9 Å². The van der Waals surface area contributed by atoms with Crippen molar-refractivity contribution in [1.29, 1.82) is 0 Å². The minimum Gasteiger partial charge on any atom is -0.496 e. The van der Waals surface area contributed by atoms with Crippen LogP contribution in [0.4, 0.5) is 5.69 Å². The van der Waals surface area contributed by atoms with Gasteiger partial charge in [0.1, 0.15) is 11.4 Å². The van der Waals surface area contributed by atoms with Crippen LogP contribution in [-0.4, -0.2) is 22.4 Å². The van der Waals surface area contributed by atoms with E-state index in [1.165, 1.54) is 0 Å². The molecule has 146 valence electrons. The molecule has 0 aliphatic heterocycles. The molecule has 1 amide bonds. The van der Waals surface area contributed by atoms with Crippen LogP contribution in [0, 0.1) is 6.92 Å². The summed E-state index contributed by atoms with van der Waals surface area (Å²) < 4.78 is 7.61. The molecular formula is C24H23N3O2. The molecular weight excluding hydrogens is 362 g/mol. The van der Waals surface area contributed by atoms with E-state index in [-0.39, 0.29) is 18.2 Å². The quantitative estimate of drug-likeness (QED) is 0.518. The molecule has 1 unspecified atom stereocenters. The normalized spacial score (nSPS) is 11.9. The number of fused-ring (bicyclic) bond motifs is 1. The molecule has 0 spiro atoms. The first kappa shape index (κ1) is 18.7. The van der Waals surface area contributed by atoms with E-state index in [1.807, 2.05) is 90.4 Å². The first-order valence-electron chi connectivity index (χ1n) is 9.57. The fourth-order valence-corrected chi connectivity index (χ4v) is 3.57. The summed E-state index contributed by atoms with van der Waals surface area (Å²) in [4.78, 5) is 17.4. The van der Waals surface area contributed by atoms with E-state index in [4.69, 9.17) is 4.74 Å². The molecule has 2 aromatic heterocycles. The number of aromatic nitrogens is 2. The van der Waals surface area contributed by atoms with Crippen LogP contribution in [0.2, 0.25) is 0 Å². The largest absolute Gasteiger partial charge is 0.496 e. The molecule has 0 bridgehead atoms. The van der Waals surface area contributed by atoms with E-state index in [0.717, 1.165) is 33.9 Å². The Bertz CT molecular complexity index is 1130. The SMILES string of the molecule is COc1ccccc1C(CC(=O)Nc1ccc(C)cc1)c1cnc2ccccn12. The van der Waals surface area contributed by atoms with E-state index in [1.54, 1.807) is 7.11 Å². The highest BCUT2D eigenvalue weighted by molar-refractivity contribution is 5.91. The highest BCUT2D eigenvalue weighted by Gasteiger charge is 2.24. The van der Waals surface area contributed by atoms with Crippen molar-refractivity contribution in [3.8, 4) is 5.75 Å². The summed E-state index contributed by atoms with van der Waals surface area (Å²) >= 11 is 0. The Morgan fingerprint density at radius 2 is 1.83 bits per heavy atom. The van der Waals surface area contributed by atoms with Crippen LogP contribution in [0.1, 0.15) is 29.2 Å². The average molecular weight is 385 g/mol. The number of imidazole rings is 1. The number of hydrogen-bond donors (Lipinski definition) is 1. The van der Waals surface area contributed by atoms with Gasteiger partial charge in [-0.25, -0.2) is 4.98 Å². The fourth-order valence-electron chi connectivity index (χ4n) is 3.57. The number of anilines is 1. The Balaban J connectivity index is 1.70. The van der Waals surface area contributed by atoms with Crippen LogP contribution in [-0.2, 0) is 4.79 Å². The van der Waals surface area contributed by atoms with Gasteiger partial charge in [0.05, 0.1) is 12.8 Å². The van der Waals surface area contributed by atoms with E-state index >= 15 is 0 Å². The minimum absolute atomic E-state index is 0.0596. The van der Waals surface area contributed by atoms with Gasteiger partial charge in [0.15, 0.2) is 0 Å². The van der Waals surface area contributed by atoms with Gasteiger partial charge >= 0.3 is 0 Å². The van der Waals surface area contributed by atoms with Gasteiger partial charge in [0.2, 0.25) is 5.91 Å². The van der Waals surface area contributed by atoms with Crippen molar-refractivity contribution in [2.24, 2.45) is 0 Å². The number of hydrogen-bond acceptors (Lipinski definition) is 3. The molecule has 0 fully saturated rings. The lowest BCUT2D eigenvalue weighted by atomic mass is 9.91. The summed E-state index contributed by atoms with van der Waals surface area (Å²) in [6, 6.07) is 21.5. The number of pyridine rings is 1. The predicted octanol–water partition coefficient (Wildman–Crippen LogP) is 4.81. The topological polar surface area (TPSA) is 55.6 Å². The molecule has 0 aliphatic carbocycles. The molecule has 4 rings (SSSR count). The van der Waals surface area contributed by atoms with Gasteiger partial charge in [-0.3, -0.25) is 4.79 Å². The standard InChI is InChI=1S/C24H23N3O2/c1-17-10-12-18(13-11-17)26-24(28)15-20(19-7-3-4-8-22(19)29-2)21-16-25-23-9-5-6-14-27(21)23/h3-14,16,20H,15H2,1-2H3,(H,26,28). The molecule has 2 aromatic carbocycles. The second-order valence-corrected chi connectivity index (χ2v) is 7.02. The summed E-state index contributed by atoms with van der Waals surface area (Å²) in [5.74, 6) is 0.496. The van der Waals surface area contributed by atoms with E-state index in [9.17, 15) is 4.79 Å². The Hall–Kier alpha value is -3.60. The highest BCUT2D eigenvalue weighted by atomic mass is 16.5. The van der Waals surface area contributed by atoms with Gasteiger partial charge in [0, 0.05) is 36.0 Å². The highest BCUT2D eigenvalue weighted by Crippen LogP contribution is 2.35. The molecule has 0 aliphatic rings. The van der Waals surface area contributed by atoms with Crippen molar-refractivity contribution in [2.75, 3.05) is 12.4 Å². The smallest absolute Gasteiger partial charge is 0.225 e. The third-order valence-corrected chi connectivity index (χ3v) is 5.04. The third-order valence-electron chi connectivity index (χ3n) is 5.04. The molecule has 0 saturated heterocycles.